The van der Waals surface area contributed by atoms with Crippen molar-refractivity contribution >= 4 is 17.8 Å². The number of carbonyl (C=O) groups is 1. The number of ether oxygens (including phenoxy) is 2. The molecule has 2 aliphatic heterocycles. The van der Waals surface area contributed by atoms with Crippen molar-refractivity contribution in [2.24, 2.45) is 0 Å². The SMILES string of the molecule is O=C(NCCSc1ncn[nH]1)N1CCCO[C@H](CN2CCOCC2)C1. The van der Waals surface area contributed by atoms with Crippen molar-refractivity contribution in [3.8, 4) is 0 Å². The molecule has 0 spiro atoms. The first kappa shape index (κ1) is 18.4. The Morgan fingerprint density at radius 1 is 1.36 bits per heavy atom. The van der Waals surface area contributed by atoms with Gasteiger partial charge in [-0.2, -0.15) is 5.10 Å². The third kappa shape index (κ3) is 6.14. The van der Waals surface area contributed by atoms with Crippen molar-refractivity contribution in [1.82, 2.24) is 30.3 Å². The molecule has 10 heteroatoms. The minimum Gasteiger partial charge on any atom is -0.379 e. The van der Waals surface area contributed by atoms with E-state index >= 15 is 0 Å². The minimum absolute atomic E-state index is 0.0179. The Hall–Kier alpha value is -1.36. The van der Waals surface area contributed by atoms with Crippen molar-refractivity contribution in [1.29, 1.82) is 0 Å². The van der Waals surface area contributed by atoms with E-state index in [1.807, 2.05) is 4.90 Å². The highest BCUT2D eigenvalue weighted by Crippen LogP contribution is 2.11. The molecule has 0 bridgehead atoms. The molecule has 0 radical (unpaired) electrons. The van der Waals surface area contributed by atoms with Gasteiger partial charge in [0.2, 0.25) is 0 Å². The van der Waals surface area contributed by atoms with Gasteiger partial charge in [0.25, 0.3) is 0 Å². The third-order valence-corrected chi connectivity index (χ3v) is 5.09. The van der Waals surface area contributed by atoms with Crippen LogP contribution >= 0.6 is 11.8 Å². The molecule has 2 N–H and O–H groups in total. The first-order chi connectivity index (χ1) is 12.3. The number of aromatic amines is 1. The van der Waals surface area contributed by atoms with Gasteiger partial charge < -0.3 is 19.7 Å². The number of thioether (sulfide) groups is 1. The summed E-state index contributed by atoms with van der Waals surface area (Å²) in [5.74, 6) is 0.752. The number of nitrogens with one attached hydrogen (secondary N) is 2. The second kappa shape index (κ2) is 9.95. The molecule has 3 rings (SSSR count). The van der Waals surface area contributed by atoms with Gasteiger partial charge in [0.1, 0.15) is 6.33 Å². The molecular formula is C15H26N6O3S. The summed E-state index contributed by atoms with van der Waals surface area (Å²) in [6, 6.07) is -0.0179. The van der Waals surface area contributed by atoms with Crippen LogP contribution in [0.3, 0.4) is 0 Å². The maximum Gasteiger partial charge on any atom is 0.317 e. The van der Waals surface area contributed by atoms with Crippen LogP contribution in [0.25, 0.3) is 0 Å². The van der Waals surface area contributed by atoms with E-state index in [9.17, 15) is 4.79 Å². The number of carbonyl (C=O) groups excluding carboxylic acids is 1. The van der Waals surface area contributed by atoms with Crippen molar-refractivity contribution in [2.75, 3.05) is 64.8 Å². The summed E-state index contributed by atoms with van der Waals surface area (Å²) in [6.45, 7) is 6.96. The van der Waals surface area contributed by atoms with Crippen LogP contribution in [0.1, 0.15) is 6.42 Å². The zero-order valence-electron chi connectivity index (χ0n) is 14.4. The maximum absolute atomic E-state index is 12.4. The lowest BCUT2D eigenvalue weighted by Gasteiger charge is -2.31. The quantitative estimate of drug-likeness (QED) is 0.539. The number of H-pyrrole nitrogens is 1. The lowest BCUT2D eigenvalue weighted by Crippen LogP contribution is -2.48. The summed E-state index contributed by atoms with van der Waals surface area (Å²) in [6.07, 6.45) is 2.42. The van der Waals surface area contributed by atoms with Crippen molar-refractivity contribution in [3.63, 3.8) is 0 Å². The highest BCUT2D eigenvalue weighted by atomic mass is 32.2. The molecule has 2 amide bonds. The number of amides is 2. The maximum atomic E-state index is 12.4. The van der Waals surface area contributed by atoms with Gasteiger partial charge in [-0.3, -0.25) is 10.00 Å². The van der Waals surface area contributed by atoms with E-state index < -0.39 is 0 Å². The number of rotatable bonds is 6. The highest BCUT2D eigenvalue weighted by Gasteiger charge is 2.24. The Bertz CT molecular complexity index is 511. The van der Waals surface area contributed by atoms with Crippen LogP contribution in [0.15, 0.2) is 11.5 Å². The molecular weight excluding hydrogens is 344 g/mol. The first-order valence-corrected chi connectivity index (χ1v) is 9.72. The number of aromatic nitrogens is 3. The monoisotopic (exact) mass is 370 g/mol. The molecule has 25 heavy (non-hydrogen) atoms. The lowest BCUT2D eigenvalue weighted by molar-refractivity contribution is -0.0101. The summed E-state index contributed by atoms with van der Waals surface area (Å²) in [5, 5.41) is 10.3. The fraction of sp³-hybridized carbons (Fsp3) is 0.800. The summed E-state index contributed by atoms with van der Waals surface area (Å²) in [4.78, 5) is 20.7. The van der Waals surface area contributed by atoms with Crippen molar-refractivity contribution in [2.45, 2.75) is 17.7 Å². The Morgan fingerprint density at radius 2 is 2.24 bits per heavy atom. The number of nitrogens with zero attached hydrogens (tertiary/aromatic N) is 4. The Balaban J connectivity index is 1.39. The molecule has 9 nitrogen and oxygen atoms in total. The van der Waals surface area contributed by atoms with Gasteiger partial charge in [0.05, 0.1) is 19.3 Å². The largest absolute Gasteiger partial charge is 0.379 e. The smallest absolute Gasteiger partial charge is 0.317 e. The van der Waals surface area contributed by atoms with E-state index in [2.05, 4.69) is 25.4 Å². The first-order valence-electron chi connectivity index (χ1n) is 8.74. The number of hydrogen-bond acceptors (Lipinski definition) is 7. The Labute approximate surface area is 151 Å². The normalized spacial score (nSPS) is 22.6. The topological polar surface area (TPSA) is 95.6 Å². The molecule has 0 saturated carbocycles. The molecule has 0 aliphatic carbocycles. The van der Waals surface area contributed by atoms with E-state index in [1.165, 1.54) is 18.1 Å². The second-order valence-electron chi connectivity index (χ2n) is 6.08. The van der Waals surface area contributed by atoms with Crippen LogP contribution in [0.2, 0.25) is 0 Å². The van der Waals surface area contributed by atoms with Gasteiger partial charge in [-0.25, -0.2) is 9.78 Å². The molecule has 0 aromatic carbocycles. The summed E-state index contributed by atoms with van der Waals surface area (Å²) < 4.78 is 11.3. The summed E-state index contributed by atoms with van der Waals surface area (Å²) in [7, 11) is 0. The zero-order chi connectivity index (χ0) is 17.3. The average Bonchev–Trinajstić information content (AvgIpc) is 3.04. The minimum atomic E-state index is -0.0179. The summed E-state index contributed by atoms with van der Waals surface area (Å²) in [5.41, 5.74) is 0. The van der Waals surface area contributed by atoms with E-state index in [0.717, 1.165) is 56.7 Å². The van der Waals surface area contributed by atoms with Crippen LogP contribution < -0.4 is 5.32 Å². The van der Waals surface area contributed by atoms with Gasteiger partial charge in [-0.1, -0.05) is 11.8 Å². The summed E-state index contributed by atoms with van der Waals surface area (Å²) >= 11 is 1.54. The molecule has 3 heterocycles. The van der Waals surface area contributed by atoms with E-state index in [-0.39, 0.29) is 12.1 Å². The van der Waals surface area contributed by atoms with Crippen LogP contribution in [0.5, 0.6) is 0 Å². The molecule has 1 aromatic heterocycles. The van der Waals surface area contributed by atoms with E-state index in [4.69, 9.17) is 9.47 Å². The predicted molar refractivity (Wildman–Crippen MR) is 93.7 cm³/mol. The molecule has 2 fully saturated rings. The predicted octanol–water partition coefficient (Wildman–Crippen LogP) is 0.0295. The fourth-order valence-corrected chi connectivity index (χ4v) is 3.58. The number of hydrogen-bond donors (Lipinski definition) is 2. The Kier molecular flexibility index (Phi) is 7.34. The molecule has 1 aromatic rings. The third-order valence-electron chi connectivity index (χ3n) is 4.21. The van der Waals surface area contributed by atoms with E-state index in [0.29, 0.717) is 19.7 Å². The number of urea groups is 1. The zero-order valence-corrected chi connectivity index (χ0v) is 15.2. The van der Waals surface area contributed by atoms with Gasteiger partial charge in [-0.15, -0.1) is 0 Å². The lowest BCUT2D eigenvalue weighted by atomic mass is 10.3. The second-order valence-corrected chi connectivity index (χ2v) is 7.16. The highest BCUT2D eigenvalue weighted by molar-refractivity contribution is 7.99. The molecule has 140 valence electrons. The van der Waals surface area contributed by atoms with Gasteiger partial charge in [-0.05, 0) is 6.42 Å². The van der Waals surface area contributed by atoms with Crippen molar-refractivity contribution in [3.05, 3.63) is 6.33 Å². The standard InChI is InChI=1S/C15H26N6O3S/c22-15(16-2-9-25-14-17-12-18-19-14)21-3-1-6-24-13(11-21)10-20-4-7-23-8-5-20/h12-13H,1-11H2,(H,16,22)(H,17,18,19)/t13-/m1/s1. The van der Waals surface area contributed by atoms with E-state index in [1.54, 1.807) is 0 Å². The van der Waals surface area contributed by atoms with Crippen LogP contribution in [-0.2, 0) is 9.47 Å². The average molecular weight is 370 g/mol. The molecule has 1 atom stereocenters. The Morgan fingerprint density at radius 3 is 3.04 bits per heavy atom. The van der Waals surface area contributed by atoms with Crippen LogP contribution in [0.4, 0.5) is 4.79 Å². The van der Waals surface area contributed by atoms with Crippen molar-refractivity contribution < 1.29 is 14.3 Å². The number of morpholine rings is 1. The van der Waals surface area contributed by atoms with Gasteiger partial charge >= 0.3 is 6.03 Å². The van der Waals surface area contributed by atoms with Gasteiger partial charge in [0, 0.05) is 51.6 Å². The fourth-order valence-electron chi connectivity index (χ4n) is 2.94. The van der Waals surface area contributed by atoms with Crippen LogP contribution in [-0.4, -0.2) is 102 Å². The van der Waals surface area contributed by atoms with Gasteiger partial charge in [0.15, 0.2) is 5.16 Å². The van der Waals surface area contributed by atoms with Crippen LogP contribution in [0, 0.1) is 0 Å². The molecule has 0 unspecified atom stereocenters. The molecule has 2 aliphatic rings. The molecule has 2 saturated heterocycles.